The molecule has 0 saturated carbocycles. The van der Waals surface area contributed by atoms with E-state index in [0.29, 0.717) is 11.7 Å². The lowest BCUT2D eigenvalue weighted by molar-refractivity contribution is 0.257. The molecule has 1 atom stereocenters. The van der Waals surface area contributed by atoms with Gasteiger partial charge in [0.05, 0.1) is 0 Å². The van der Waals surface area contributed by atoms with Crippen molar-refractivity contribution in [2.24, 2.45) is 5.92 Å². The average molecular weight is 167 g/mol. The highest BCUT2D eigenvalue weighted by Crippen LogP contribution is 2.18. The monoisotopic (exact) mass is 167 g/mol. The SMILES string of the molecule is CC1CCc2nnc(CO)n2C1. The summed E-state index contributed by atoms with van der Waals surface area (Å²) in [6, 6.07) is 0. The normalized spacial score (nSPS) is 22.3. The molecule has 1 aromatic heterocycles. The number of rotatable bonds is 1. The Morgan fingerprint density at radius 2 is 2.42 bits per heavy atom. The predicted molar refractivity (Wildman–Crippen MR) is 43.4 cm³/mol. The van der Waals surface area contributed by atoms with Crippen molar-refractivity contribution in [1.82, 2.24) is 14.8 Å². The molecule has 2 rings (SSSR count). The van der Waals surface area contributed by atoms with E-state index in [2.05, 4.69) is 17.1 Å². The highest BCUT2D eigenvalue weighted by Gasteiger charge is 2.19. The number of aromatic nitrogens is 3. The molecule has 4 heteroatoms. The molecular formula is C8H13N3O. The molecule has 1 N–H and O–H groups in total. The van der Waals surface area contributed by atoms with Gasteiger partial charge in [-0.1, -0.05) is 6.92 Å². The van der Waals surface area contributed by atoms with Crippen molar-refractivity contribution < 1.29 is 5.11 Å². The Hall–Kier alpha value is -0.900. The molecule has 4 nitrogen and oxygen atoms in total. The van der Waals surface area contributed by atoms with Gasteiger partial charge in [-0.25, -0.2) is 0 Å². The molecular weight excluding hydrogens is 154 g/mol. The van der Waals surface area contributed by atoms with Crippen LogP contribution in [0.4, 0.5) is 0 Å². The summed E-state index contributed by atoms with van der Waals surface area (Å²) in [4.78, 5) is 0. The number of aliphatic hydroxyl groups is 1. The number of aliphatic hydroxyl groups excluding tert-OH is 1. The summed E-state index contributed by atoms with van der Waals surface area (Å²) >= 11 is 0. The third-order valence-electron chi connectivity index (χ3n) is 2.40. The summed E-state index contributed by atoms with van der Waals surface area (Å²) in [5.74, 6) is 2.41. The van der Waals surface area contributed by atoms with Crippen molar-refractivity contribution in [3.8, 4) is 0 Å². The Labute approximate surface area is 71.2 Å². The summed E-state index contributed by atoms with van der Waals surface area (Å²) in [6.45, 7) is 3.17. The van der Waals surface area contributed by atoms with Crippen LogP contribution in [-0.4, -0.2) is 19.9 Å². The number of fused-ring (bicyclic) bond motifs is 1. The maximum atomic E-state index is 8.95. The lowest BCUT2D eigenvalue weighted by Crippen LogP contribution is -2.19. The first-order chi connectivity index (χ1) is 5.81. The molecule has 0 saturated heterocycles. The Morgan fingerprint density at radius 3 is 3.17 bits per heavy atom. The van der Waals surface area contributed by atoms with Gasteiger partial charge >= 0.3 is 0 Å². The van der Waals surface area contributed by atoms with Gasteiger partial charge in [0.15, 0.2) is 5.82 Å². The van der Waals surface area contributed by atoms with Gasteiger partial charge in [-0.3, -0.25) is 0 Å². The minimum absolute atomic E-state index is 0.000278. The zero-order chi connectivity index (χ0) is 8.55. The second-order valence-corrected chi connectivity index (χ2v) is 3.45. The minimum Gasteiger partial charge on any atom is -0.388 e. The van der Waals surface area contributed by atoms with Gasteiger partial charge in [-0.2, -0.15) is 0 Å². The zero-order valence-corrected chi connectivity index (χ0v) is 7.19. The van der Waals surface area contributed by atoms with Gasteiger partial charge in [0.2, 0.25) is 0 Å². The molecule has 0 spiro atoms. The molecule has 1 aromatic rings. The van der Waals surface area contributed by atoms with Crippen LogP contribution in [0.15, 0.2) is 0 Å². The van der Waals surface area contributed by atoms with Crippen LogP contribution in [0, 0.1) is 5.92 Å². The van der Waals surface area contributed by atoms with Gasteiger partial charge in [0.25, 0.3) is 0 Å². The first-order valence-electron chi connectivity index (χ1n) is 4.33. The molecule has 0 aliphatic carbocycles. The van der Waals surface area contributed by atoms with E-state index >= 15 is 0 Å². The molecule has 0 fully saturated rings. The quantitative estimate of drug-likeness (QED) is 0.656. The Bertz CT molecular complexity index is 268. The fraction of sp³-hybridized carbons (Fsp3) is 0.750. The standard InChI is InChI=1S/C8H13N3O/c1-6-2-3-7-9-10-8(5-12)11(7)4-6/h6,12H,2-5H2,1H3. The molecule has 12 heavy (non-hydrogen) atoms. The van der Waals surface area contributed by atoms with Crippen LogP contribution < -0.4 is 0 Å². The molecule has 2 heterocycles. The topological polar surface area (TPSA) is 50.9 Å². The van der Waals surface area contributed by atoms with Crippen molar-refractivity contribution in [3.63, 3.8) is 0 Å². The average Bonchev–Trinajstić information content (AvgIpc) is 2.46. The summed E-state index contributed by atoms with van der Waals surface area (Å²) in [5.41, 5.74) is 0. The number of nitrogens with zero attached hydrogens (tertiary/aromatic N) is 3. The Balaban J connectivity index is 2.34. The zero-order valence-electron chi connectivity index (χ0n) is 7.19. The predicted octanol–water partition coefficient (Wildman–Crippen LogP) is 0.353. The lowest BCUT2D eigenvalue weighted by Gasteiger charge is -2.20. The Morgan fingerprint density at radius 1 is 1.58 bits per heavy atom. The van der Waals surface area contributed by atoms with Crippen molar-refractivity contribution >= 4 is 0 Å². The lowest BCUT2D eigenvalue weighted by atomic mass is 10.0. The van der Waals surface area contributed by atoms with Gasteiger partial charge in [0, 0.05) is 13.0 Å². The smallest absolute Gasteiger partial charge is 0.158 e. The highest BCUT2D eigenvalue weighted by atomic mass is 16.3. The molecule has 66 valence electrons. The molecule has 0 bridgehead atoms. The largest absolute Gasteiger partial charge is 0.388 e. The summed E-state index contributed by atoms with van der Waals surface area (Å²) in [7, 11) is 0. The van der Waals surface area contributed by atoms with E-state index in [1.807, 2.05) is 4.57 Å². The first-order valence-corrected chi connectivity index (χ1v) is 4.33. The number of hydrogen-bond donors (Lipinski definition) is 1. The van der Waals surface area contributed by atoms with Crippen molar-refractivity contribution in [1.29, 1.82) is 0 Å². The van der Waals surface area contributed by atoms with Gasteiger partial charge < -0.3 is 9.67 Å². The number of aryl methyl sites for hydroxylation is 1. The van der Waals surface area contributed by atoms with E-state index in [0.717, 1.165) is 18.8 Å². The van der Waals surface area contributed by atoms with Crippen molar-refractivity contribution in [2.75, 3.05) is 0 Å². The molecule has 0 radical (unpaired) electrons. The first kappa shape index (κ1) is 7.73. The fourth-order valence-corrected chi connectivity index (χ4v) is 1.66. The second-order valence-electron chi connectivity index (χ2n) is 3.45. The van der Waals surface area contributed by atoms with E-state index in [1.165, 1.54) is 6.42 Å². The molecule has 1 aliphatic rings. The van der Waals surface area contributed by atoms with E-state index in [-0.39, 0.29) is 6.61 Å². The van der Waals surface area contributed by atoms with Crippen LogP contribution in [0.3, 0.4) is 0 Å². The summed E-state index contributed by atoms with van der Waals surface area (Å²) in [6.07, 6.45) is 2.18. The minimum atomic E-state index is -0.000278. The summed E-state index contributed by atoms with van der Waals surface area (Å²) < 4.78 is 2.04. The second kappa shape index (κ2) is 2.86. The van der Waals surface area contributed by atoms with E-state index in [4.69, 9.17) is 5.11 Å². The van der Waals surface area contributed by atoms with Crippen LogP contribution in [0.2, 0.25) is 0 Å². The third kappa shape index (κ3) is 1.12. The van der Waals surface area contributed by atoms with E-state index in [9.17, 15) is 0 Å². The van der Waals surface area contributed by atoms with Crippen LogP contribution in [0.1, 0.15) is 25.0 Å². The highest BCUT2D eigenvalue weighted by molar-refractivity contribution is 4.98. The van der Waals surface area contributed by atoms with E-state index in [1.54, 1.807) is 0 Å². The number of hydrogen-bond acceptors (Lipinski definition) is 3. The third-order valence-corrected chi connectivity index (χ3v) is 2.40. The van der Waals surface area contributed by atoms with Crippen LogP contribution in [-0.2, 0) is 19.6 Å². The van der Waals surface area contributed by atoms with Gasteiger partial charge in [-0.05, 0) is 12.3 Å². The fourth-order valence-electron chi connectivity index (χ4n) is 1.66. The molecule has 1 aliphatic heterocycles. The van der Waals surface area contributed by atoms with Crippen molar-refractivity contribution in [2.45, 2.75) is 32.9 Å². The maximum Gasteiger partial charge on any atom is 0.158 e. The van der Waals surface area contributed by atoms with E-state index < -0.39 is 0 Å². The summed E-state index contributed by atoms with van der Waals surface area (Å²) in [5, 5.41) is 16.9. The molecule has 1 unspecified atom stereocenters. The van der Waals surface area contributed by atoms with Crippen LogP contribution in [0.25, 0.3) is 0 Å². The van der Waals surface area contributed by atoms with Crippen molar-refractivity contribution in [3.05, 3.63) is 11.6 Å². The van der Waals surface area contributed by atoms with Gasteiger partial charge in [-0.15, -0.1) is 10.2 Å². The van der Waals surface area contributed by atoms with Crippen LogP contribution in [0.5, 0.6) is 0 Å². The molecule has 0 aromatic carbocycles. The Kier molecular flexibility index (Phi) is 1.84. The maximum absolute atomic E-state index is 8.95. The van der Waals surface area contributed by atoms with Crippen LogP contribution >= 0.6 is 0 Å². The van der Waals surface area contributed by atoms with Gasteiger partial charge in [0.1, 0.15) is 12.4 Å². The molecule has 0 amide bonds.